The second-order valence-corrected chi connectivity index (χ2v) is 9.88. The Kier molecular flexibility index (Phi) is 6.16. The lowest BCUT2D eigenvalue weighted by atomic mass is 10.2. The Hall–Kier alpha value is -2.98. The quantitative estimate of drug-likeness (QED) is 0.715. The molecule has 0 unspecified atom stereocenters. The summed E-state index contributed by atoms with van der Waals surface area (Å²) in [4.78, 5) is 33.0. The van der Waals surface area contributed by atoms with E-state index in [9.17, 15) is 18.0 Å². The number of hydrogen-bond donors (Lipinski definition) is 2. The molecule has 1 saturated heterocycles. The van der Waals surface area contributed by atoms with Gasteiger partial charge in [0.25, 0.3) is 0 Å². The molecule has 0 aliphatic carbocycles. The number of aryl methyl sites for hydroxylation is 1. The van der Waals surface area contributed by atoms with Crippen LogP contribution in [0.3, 0.4) is 0 Å². The number of sulfonamides is 1. The van der Waals surface area contributed by atoms with E-state index in [1.807, 2.05) is 4.90 Å². The lowest BCUT2D eigenvalue weighted by Gasteiger charge is -2.24. The van der Waals surface area contributed by atoms with Crippen molar-refractivity contribution in [2.24, 2.45) is 0 Å². The fraction of sp³-hybridized carbons (Fsp3) is 0.409. The minimum Gasteiger partial charge on any atom is -0.324 e. The summed E-state index contributed by atoms with van der Waals surface area (Å²) in [7, 11) is -3.93. The zero-order valence-corrected chi connectivity index (χ0v) is 19.0. The molecule has 4 rings (SSSR count). The Labute approximate surface area is 187 Å². The first kappa shape index (κ1) is 22.2. The third kappa shape index (κ3) is 4.46. The van der Waals surface area contributed by atoms with Crippen molar-refractivity contribution >= 4 is 33.5 Å². The van der Waals surface area contributed by atoms with Crippen molar-refractivity contribution in [3.63, 3.8) is 0 Å². The summed E-state index contributed by atoms with van der Waals surface area (Å²) >= 11 is 0. The predicted octanol–water partition coefficient (Wildman–Crippen LogP) is 2.27. The minimum atomic E-state index is -3.93. The van der Waals surface area contributed by atoms with E-state index in [4.69, 9.17) is 0 Å². The Morgan fingerprint density at radius 2 is 1.88 bits per heavy atom. The summed E-state index contributed by atoms with van der Waals surface area (Å²) in [6.45, 7) is 5.34. The van der Waals surface area contributed by atoms with Gasteiger partial charge in [0.2, 0.25) is 15.9 Å². The molecule has 2 aromatic rings. The third-order valence-electron chi connectivity index (χ3n) is 5.84. The number of likely N-dealkylation sites (tertiary alicyclic amines) is 1. The molecule has 1 atom stereocenters. The SMILES string of the molecule is Cc1cccnc1NC(=O)[C@H](C)NS(=O)(=O)c1ccc2c(c1)CCN2C(=O)N1CCCC1. The van der Waals surface area contributed by atoms with E-state index < -0.39 is 22.0 Å². The molecule has 0 spiro atoms. The summed E-state index contributed by atoms with van der Waals surface area (Å²) in [5.74, 6) is -0.109. The maximum Gasteiger partial charge on any atom is 0.324 e. The van der Waals surface area contributed by atoms with Crippen LogP contribution in [0.5, 0.6) is 0 Å². The summed E-state index contributed by atoms with van der Waals surface area (Å²) < 4.78 is 28.2. The van der Waals surface area contributed by atoms with Crippen LogP contribution in [0.4, 0.5) is 16.3 Å². The number of anilines is 2. The lowest BCUT2D eigenvalue weighted by Crippen LogP contribution is -2.41. The Morgan fingerprint density at radius 1 is 1.12 bits per heavy atom. The molecule has 2 N–H and O–H groups in total. The van der Waals surface area contributed by atoms with Gasteiger partial charge in [0, 0.05) is 31.5 Å². The average Bonchev–Trinajstić information content (AvgIpc) is 3.44. The van der Waals surface area contributed by atoms with Gasteiger partial charge in [0.15, 0.2) is 0 Å². The maximum atomic E-state index is 12.9. The number of carbonyl (C=O) groups excluding carboxylic acids is 2. The van der Waals surface area contributed by atoms with Gasteiger partial charge in [-0.05, 0) is 68.5 Å². The number of fused-ring (bicyclic) bond motifs is 1. The molecule has 3 heterocycles. The van der Waals surface area contributed by atoms with Crippen molar-refractivity contribution in [2.45, 2.75) is 44.0 Å². The molecule has 3 amide bonds. The number of nitrogens with one attached hydrogen (secondary N) is 2. The number of aromatic nitrogens is 1. The first-order valence-corrected chi connectivity index (χ1v) is 12.2. The summed E-state index contributed by atoms with van der Waals surface area (Å²) in [5, 5.41) is 2.64. The number of carbonyl (C=O) groups is 2. The van der Waals surface area contributed by atoms with Crippen LogP contribution in [0.2, 0.25) is 0 Å². The number of hydrogen-bond acceptors (Lipinski definition) is 5. The van der Waals surface area contributed by atoms with E-state index >= 15 is 0 Å². The topological polar surface area (TPSA) is 112 Å². The number of urea groups is 1. The molecule has 32 heavy (non-hydrogen) atoms. The fourth-order valence-corrected chi connectivity index (χ4v) is 5.27. The first-order chi connectivity index (χ1) is 15.3. The molecule has 10 heteroatoms. The van der Waals surface area contributed by atoms with Gasteiger partial charge in [0.1, 0.15) is 5.82 Å². The standard InChI is InChI=1S/C22H27N5O4S/c1-15-6-5-10-23-20(15)24-21(28)16(2)25-32(30,31)18-7-8-19-17(14-18)9-13-27(19)22(29)26-11-3-4-12-26/h5-8,10,14,16,25H,3-4,9,11-13H2,1-2H3,(H,23,24,28)/t16-/m0/s1. The van der Waals surface area contributed by atoms with Gasteiger partial charge in [-0.25, -0.2) is 18.2 Å². The van der Waals surface area contributed by atoms with E-state index in [2.05, 4.69) is 15.0 Å². The molecule has 0 bridgehead atoms. The van der Waals surface area contributed by atoms with Gasteiger partial charge in [-0.3, -0.25) is 9.69 Å². The molecule has 1 aromatic carbocycles. The van der Waals surface area contributed by atoms with E-state index in [-0.39, 0.29) is 10.9 Å². The van der Waals surface area contributed by atoms with Crippen molar-refractivity contribution < 1.29 is 18.0 Å². The average molecular weight is 458 g/mol. The first-order valence-electron chi connectivity index (χ1n) is 10.7. The van der Waals surface area contributed by atoms with Crippen LogP contribution in [0.15, 0.2) is 41.4 Å². The molecular formula is C22H27N5O4S. The highest BCUT2D eigenvalue weighted by Gasteiger charge is 2.31. The number of nitrogens with zero attached hydrogens (tertiary/aromatic N) is 3. The zero-order chi connectivity index (χ0) is 22.9. The van der Waals surface area contributed by atoms with Crippen molar-refractivity contribution in [1.82, 2.24) is 14.6 Å². The largest absolute Gasteiger partial charge is 0.324 e. The van der Waals surface area contributed by atoms with Crippen LogP contribution in [-0.2, 0) is 21.2 Å². The number of amides is 3. The molecule has 2 aliphatic heterocycles. The van der Waals surface area contributed by atoms with Crippen LogP contribution in [0.25, 0.3) is 0 Å². The smallest absolute Gasteiger partial charge is 0.324 e. The number of pyridine rings is 1. The second-order valence-electron chi connectivity index (χ2n) is 8.17. The Bertz CT molecular complexity index is 1140. The van der Waals surface area contributed by atoms with Crippen LogP contribution < -0.4 is 14.9 Å². The van der Waals surface area contributed by atoms with Crippen LogP contribution >= 0.6 is 0 Å². The molecule has 9 nitrogen and oxygen atoms in total. The number of benzene rings is 1. The fourth-order valence-electron chi connectivity index (χ4n) is 4.02. The van der Waals surface area contributed by atoms with E-state index in [1.54, 1.807) is 42.3 Å². The van der Waals surface area contributed by atoms with Crippen LogP contribution in [-0.4, -0.2) is 55.9 Å². The second kappa shape index (κ2) is 8.87. The van der Waals surface area contributed by atoms with Gasteiger partial charge in [-0.15, -0.1) is 0 Å². The molecule has 2 aliphatic rings. The summed E-state index contributed by atoms with van der Waals surface area (Å²) in [5.41, 5.74) is 2.33. The molecule has 1 fully saturated rings. The lowest BCUT2D eigenvalue weighted by molar-refractivity contribution is -0.117. The Morgan fingerprint density at radius 3 is 2.59 bits per heavy atom. The molecule has 170 valence electrons. The highest BCUT2D eigenvalue weighted by atomic mass is 32.2. The van der Waals surface area contributed by atoms with Crippen LogP contribution in [0, 0.1) is 6.92 Å². The summed E-state index contributed by atoms with van der Waals surface area (Å²) in [6.07, 6.45) is 4.18. The zero-order valence-electron chi connectivity index (χ0n) is 18.2. The van der Waals surface area contributed by atoms with Crippen LogP contribution in [0.1, 0.15) is 30.9 Å². The monoisotopic (exact) mass is 457 g/mol. The van der Waals surface area contributed by atoms with Gasteiger partial charge < -0.3 is 10.2 Å². The third-order valence-corrected chi connectivity index (χ3v) is 7.38. The molecule has 0 radical (unpaired) electrons. The van der Waals surface area contributed by atoms with Crippen molar-refractivity contribution in [3.05, 3.63) is 47.7 Å². The van der Waals surface area contributed by atoms with Gasteiger partial charge in [-0.2, -0.15) is 4.72 Å². The van der Waals surface area contributed by atoms with Gasteiger partial charge >= 0.3 is 6.03 Å². The Balaban J connectivity index is 1.45. The van der Waals surface area contributed by atoms with Crippen molar-refractivity contribution in [1.29, 1.82) is 0 Å². The van der Waals surface area contributed by atoms with Crippen molar-refractivity contribution in [3.8, 4) is 0 Å². The highest BCUT2D eigenvalue weighted by Crippen LogP contribution is 2.31. The molecular weight excluding hydrogens is 430 g/mol. The highest BCUT2D eigenvalue weighted by molar-refractivity contribution is 7.89. The predicted molar refractivity (Wildman–Crippen MR) is 121 cm³/mol. The van der Waals surface area contributed by atoms with Gasteiger partial charge in [-0.1, -0.05) is 6.07 Å². The van der Waals surface area contributed by atoms with E-state index in [1.165, 1.54) is 13.0 Å². The molecule has 0 saturated carbocycles. The summed E-state index contributed by atoms with van der Waals surface area (Å²) in [6, 6.07) is 7.28. The normalized spacial score (nSPS) is 16.7. The van der Waals surface area contributed by atoms with E-state index in [0.29, 0.717) is 18.8 Å². The number of rotatable bonds is 5. The van der Waals surface area contributed by atoms with Crippen molar-refractivity contribution in [2.75, 3.05) is 29.9 Å². The molecule has 1 aromatic heterocycles. The maximum absolute atomic E-state index is 12.9. The minimum absolute atomic E-state index is 0.0231. The van der Waals surface area contributed by atoms with Gasteiger partial charge in [0.05, 0.1) is 10.9 Å². The van der Waals surface area contributed by atoms with E-state index in [0.717, 1.165) is 42.7 Å².